The molecule has 2 aliphatic rings. The first-order valence-electron chi connectivity index (χ1n) is 9.38. The molecule has 3 atom stereocenters. The molecule has 1 saturated carbocycles. The Labute approximate surface area is 154 Å². The Bertz CT molecular complexity index is 657. The molecule has 0 aromatic heterocycles. The van der Waals surface area contributed by atoms with Crippen LogP contribution in [0.25, 0.3) is 0 Å². The summed E-state index contributed by atoms with van der Waals surface area (Å²) in [6.07, 6.45) is 3.87. The molecule has 1 saturated heterocycles. The second kappa shape index (κ2) is 7.37. The average molecular weight is 362 g/mol. The summed E-state index contributed by atoms with van der Waals surface area (Å²) in [5, 5.41) is 20.5. The number of carboxylic acids is 1. The predicted molar refractivity (Wildman–Crippen MR) is 95.2 cm³/mol. The van der Waals surface area contributed by atoms with Crippen LogP contribution in [-0.2, 0) is 19.9 Å². The highest BCUT2D eigenvalue weighted by atomic mass is 16.6. The molecule has 0 radical (unpaired) electrons. The number of aliphatic hydroxyl groups is 1. The van der Waals surface area contributed by atoms with E-state index in [9.17, 15) is 14.7 Å². The second-order valence-corrected chi connectivity index (χ2v) is 8.01. The molecule has 1 aliphatic carbocycles. The van der Waals surface area contributed by atoms with E-state index in [2.05, 4.69) is 0 Å². The van der Waals surface area contributed by atoms with E-state index >= 15 is 0 Å². The number of carboxylic acid groups (broad SMARTS) is 1. The van der Waals surface area contributed by atoms with Crippen molar-refractivity contribution in [3.8, 4) is 0 Å². The van der Waals surface area contributed by atoms with Gasteiger partial charge in [-0.15, -0.1) is 0 Å². The summed E-state index contributed by atoms with van der Waals surface area (Å²) in [4.78, 5) is 24.1. The van der Waals surface area contributed by atoms with Crippen molar-refractivity contribution < 1.29 is 29.0 Å². The van der Waals surface area contributed by atoms with Crippen molar-refractivity contribution in [2.24, 2.45) is 5.92 Å². The molecule has 1 aromatic rings. The molecule has 2 N–H and O–H groups in total. The van der Waals surface area contributed by atoms with E-state index in [-0.39, 0.29) is 18.6 Å². The van der Waals surface area contributed by atoms with Gasteiger partial charge in [-0.2, -0.15) is 0 Å². The summed E-state index contributed by atoms with van der Waals surface area (Å²) in [6, 6.07) is 9.05. The number of benzene rings is 1. The van der Waals surface area contributed by atoms with E-state index in [0.717, 1.165) is 25.7 Å². The van der Waals surface area contributed by atoms with Crippen LogP contribution in [0.1, 0.15) is 37.7 Å². The highest BCUT2D eigenvalue weighted by molar-refractivity contribution is 5.81. The van der Waals surface area contributed by atoms with Crippen molar-refractivity contribution in [3.05, 3.63) is 35.9 Å². The molecule has 2 fully saturated rings. The fourth-order valence-corrected chi connectivity index (χ4v) is 4.49. The molecule has 1 aliphatic heterocycles. The van der Waals surface area contributed by atoms with Crippen LogP contribution in [0.5, 0.6) is 0 Å². The fourth-order valence-electron chi connectivity index (χ4n) is 4.49. The van der Waals surface area contributed by atoms with Crippen molar-refractivity contribution in [3.63, 3.8) is 0 Å². The maximum absolute atomic E-state index is 13.0. The van der Waals surface area contributed by atoms with Gasteiger partial charge in [-0.05, 0) is 18.4 Å². The van der Waals surface area contributed by atoms with Gasteiger partial charge in [-0.25, -0.2) is 9.59 Å². The number of esters is 1. The quantitative estimate of drug-likeness (QED) is 0.597. The molecule has 0 spiro atoms. The van der Waals surface area contributed by atoms with Crippen LogP contribution >= 0.6 is 0 Å². The first-order chi connectivity index (χ1) is 12.3. The third kappa shape index (κ3) is 3.76. The zero-order valence-electron chi connectivity index (χ0n) is 15.3. The lowest BCUT2D eigenvalue weighted by Crippen LogP contribution is -2.48. The normalized spacial score (nSPS) is 28.6. The zero-order valence-corrected chi connectivity index (χ0v) is 15.3. The third-order valence-corrected chi connectivity index (χ3v) is 5.90. The van der Waals surface area contributed by atoms with Gasteiger partial charge in [-0.1, -0.05) is 43.2 Å². The highest BCUT2D eigenvalue weighted by Crippen LogP contribution is 2.42. The van der Waals surface area contributed by atoms with E-state index in [1.807, 2.05) is 25.2 Å². The molecule has 3 unspecified atom stereocenters. The zero-order chi connectivity index (χ0) is 18.8. The first-order valence-corrected chi connectivity index (χ1v) is 9.38. The minimum Gasteiger partial charge on any atom is -0.477 e. The maximum Gasteiger partial charge on any atom is 0.359 e. The molecular formula is C20H28NO5+. The molecular weight excluding hydrogens is 334 g/mol. The van der Waals surface area contributed by atoms with E-state index in [4.69, 9.17) is 9.84 Å². The number of hydrogen-bond acceptors (Lipinski definition) is 4. The van der Waals surface area contributed by atoms with E-state index in [1.165, 1.54) is 0 Å². The minimum atomic E-state index is -1.63. The Morgan fingerprint density at radius 2 is 1.85 bits per heavy atom. The summed E-state index contributed by atoms with van der Waals surface area (Å²) in [7, 11) is 1.86. The van der Waals surface area contributed by atoms with Gasteiger partial charge in [-0.3, -0.25) is 0 Å². The second-order valence-electron chi connectivity index (χ2n) is 8.01. The van der Waals surface area contributed by atoms with E-state index in [1.54, 1.807) is 12.1 Å². The predicted octanol–water partition coefficient (Wildman–Crippen LogP) is 1.91. The van der Waals surface area contributed by atoms with Crippen LogP contribution in [-0.4, -0.2) is 59.4 Å². The fraction of sp³-hybridized carbons (Fsp3) is 0.600. The van der Waals surface area contributed by atoms with Crippen LogP contribution in [0, 0.1) is 5.92 Å². The lowest BCUT2D eigenvalue weighted by molar-refractivity contribution is -0.891. The smallest absolute Gasteiger partial charge is 0.359 e. The topological polar surface area (TPSA) is 83.8 Å². The Kier molecular flexibility index (Phi) is 5.34. The van der Waals surface area contributed by atoms with Crippen LogP contribution in [0.3, 0.4) is 0 Å². The van der Waals surface area contributed by atoms with Crippen molar-refractivity contribution in [1.29, 1.82) is 0 Å². The Balaban J connectivity index is 1.76. The van der Waals surface area contributed by atoms with Gasteiger partial charge in [0.25, 0.3) is 0 Å². The SMILES string of the molecule is C[N+]1(CC(=O)O)CCC(OC(=O)C(O)(c2ccccc2)C2CCCC2)C1. The summed E-state index contributed by atoms with van der Waals surface area (Å²) < 4.78 is 6.07. The number of ether oxygens (including phenoxy) is 1. The van der Waals surface area contributed by atoms with E-state index < -0.39 is 17.5 Å². The number of hydrogen-bond donors (Lipinski definition) is 2. The molecule has 142 valence electrons. The summed E-state index contributed by atoms with van der Waals surface area (Å²) >= 11 is 0. The van der Waals surface area contributed by atoms with Crippen molar-refractivity contribution in [2.75, 3.05) is 26.7 Å². The number of likely N-dealkylation sites (tertiary alicyclic amines) is 1. The standard InChI is InChI=1S/C20H27NO5/c1-21(14-18(22)23)12-11-17(13-21)26-19(24)20(25,16-9-5-6-10-16)15-7-3-2-4-8-15/h2-4,7-8,16-17,25H,5-6,9-14H2,1H3/p+1. The Morgan fingerprint density at radius 3 is 2.46 bits per heavy atom. The van der Waals surface area contributed by atoms with Gasteiger partial charge in [0.2, 0.25) is 0 Å². The lowest BCUT2D eigenvalue weighted by atomic mass is 9.80. The van der Waals surface area contributed by atoms with Gasteiger partial charge < -0.3 is 19.4 Å². The van der Waals surface area contributed by atoms with Crippen molar-refractivity contribution >= 4 is 11.9 Å². The van der Waals surface area contributed by atoms with Crippen molar-refractivity contribution in [2.45, 2.75) is 43.8 Å². The molecule has 6 heteroatoms. The average Bonchev–Trinajstić information content (AvgIpc) is 3.25. The van der Waals surface area contributed by atoms with Crippen LogP contribution in [0.15, 0.2) is 30.3 Å². The molecule has 1 heterocycles. The minimum absolute atomic E-state index is 0.0135. The lowest BCUT2D eigenvalue weighted by Gasteiger charge is -2.33. The molecule has 0 bridgehead atoms. The van der Waals surface area contributed by atoms with Crippen LogP contribution in [0.4, 0.5) is 0 Å². The first kappa shape index (κ1) is 18.9. The molecule has 0 amide bonds. The van der Waals surface area contributed by atoms with Gasteiger partial charge in [0.05, 0.1) is 13.6 Å². The molecule has 26 heavy (non-hydrogen) atoms. The molecule has 1 aromatic carbocycles. The van der Waals surface area contributed by atoms with Gasteiger partial charge in [0, 0.05) is 12.3 Å². The number of carbonyl (C=O) groups is 2. The highest BCUT2D eigenvalue weighted by Gasteiger charge is 2.49. The third-order valence-electron chi connectivity index (χ3n) is 5.90. The Morgan fingerprint density at radius 1 is 1.19 bits per heavy atom. The van der Waals surface area contributed by atoms with Gasteiger partial charge >= 0.3 is 11.9 Å². The summed E-state index contributed by atoms with van der Waals surface area (Å²) in [5.41, 5.74) is -1.05. The summed E-state index contributed by atoms with van der Waals surface area (Å²) in [6.45, 7) is 1.13. The van der Waals surface area contributed by atoms with Crippen LogP contribution in [0.2, 0.25) is 0 Å². The molecule has 6 nitrogen and oxygen atoms in total. The number of rotatable bonds is 6. The monoisotopic (exact) mass is 362 g/mol. The van der Waals surface area contributed by atoms with Crippen molar-refractivity contribution in [1.82, 2.24) is 0 Å². The number of carbonyl (C=O) groups excluding carboxylic acids is 1. The number of likely N-dealkylation sites (N-methyl/N-ethyl adjacent to an activating group) is 1. The van der Waals surface area contributed by atoms with Crippen LogP contribution < -0.4 is 0 Å². The number of quaternary nitrogens is 1. The number of aliphatic carboxylic acids is 1. The molecule has 3 rings (SSSR count). The van der Waals surface area contributed by atoms with Gasteiger partial charge in [0.15, 0.2) is 18.2 Å². The van der Waals surface area contributed by atoms with E-state index in [0.29, 0.717) is 29.6 Å². The summed E-state index contributed by atoms with van der Waals surface area (Å²) in [5.74, 6) is -1.59. The largest absolute Gasteiger partial charge is 0.477 e. The Hall–Kier alpha value is -1.92. The number of nitrogens with zero attached hydrogens (tertiary/aromatic N) is 1. The maximum atomic E-state index is 13.0. The van der Waals surface area contributed by atoms with Gasteiger partial charge in [0.1, 0.15) is 6.54 Å².